The maximum Gasteiger partial charge on any atom is 0.329 e. The second kappa shape index (κ2) is 9.82. The number of anilines is 1. The van der Waals surface area contributed by atoms with Gasteiger partial charge in [0.05, 0.1) is 37.6 Å². The fourth-order valence-corrected chi connectivity index (χ4v) is 2.42. The summed E-state index contributed by atoms with van der Waals surface area (Å²) in [7, 11) is 4.46. The minimum Gasteiger partial charge on any atom is -0.496 e. The highest BCUT2D eigenvalue weighted by molar-refractivity contribution is 6.42. The molecule has 0 bridgehead atoms. The van der Waals surface area contributed by atoms with E-state index in [1.165, 1.54) is 45.7 Å². The highest BCUT2D eigenvalue weighted by Crippen LogP contribution is 2.33. The third kappa shape index (κ3) is 5.28. The predicted molar refractivity (Wildman–Crippen MR) is 107 cm³/mol. The van der Waals surface area contributed by atoms with Crippen LogP contribution in [0.3, 0.4) is 0 Å². The second-order valence-electron chi connectivity index (χ2n) is 5.23. The van der Waals surface area contributed by atoms with Crippen LogP contribution in [0.2, 0.25) is 10.0 Å². The number of carbonyl (C=O) groups excluding carboxylic acids is 2. The molecule has 10 heteroatoms. The minimum atomic E-state index is -0.971. The van der Waals surface area contributed by atoms with Gasteiger partial charge in [0.25, 0.3) is 0 Å². The van der Waals surface area contributed by atoms with Crippen molar-refractivity contribution in [1.82, 2.24) is 5.43 Å². The largest absolute Gasteiger partial charge is 0.496 e. The van der Waals surface area contributed by atoms with Crippen LogP contribution < -0.4 is 25.0 Å². The Hall–Kier alpha value is -2.97. The normalized spacial score (nSPS) is 10.5. The molecule has 2 aromatic carbocycles. The van der Waals surface area contributed by atoms with E-state index in [2.05, 4.69) is 15.8 Å². The molecule has 0 saturated heterocycles. The van der Waals surface area contributed by atoms with Crippen molar-refractivity contribution in [3.8, 4) is 17.2 Å². The minimum absolute atomic E-state index is 0.249. The van der Waals surface area contributed by atoms with Crippen LogP contribution in [-0.2, 0) is 9.59 Å². The molecule has 0 aliphatic rings. The van der Waals surface area contributed by atoms with E-state index in [0.29, 0.717) is 33.5 Å². The van der Waals surface area contributed by atoms with Crippen LogP contribution in [0.4, 0.5) is 5.69 Å². The molecule has 0 aliphatic heterocycles. The first-order valence-corrected chi connectivity index (χ1v) is 8.54. The van der Waals surface area contributed by atoms with Gasteiger partial charge in [0.15, 0.2) is 11.5 Å². The summed E-state index contributed by atoms with van der Waals surface area (Å²) in [6, 6.07) is 7.66. The number of hydrogen-bond donors (Lipinski definition) is 2. The van der Waals surface area contributed by atoms with E-state index < -0.39 is 11.8 Å². The number of carbonyl (C=O) groups is 2. The van der Waals surface area contributed by atoms with Gasteiger partial charge in [-0.25, -0.2) is 5.43 Å². The summed E-state index contributed by atoms with van der Waals surface area (Å²) in [6.07, 6.45) is 1.31. The lowest BCUT2D eigenvalue weighted by molar-refractivity contribution is -0.136. The Bertz CT molecular complexity index is 918. The number of nitrogens with zero attached hydrogens (tertiary/aromatic N) is 1. The molecular formula is C18H17Cl2N3O5. The lowest BCUT2D eigenvalue weighted by Gasteiger charge is -2.11. The van der Waals surface area contributed by atoms with E-state index in [0.717, 1.165) is 0 Å². The first-order chi connectivity index (χ1) is 13.4. The summed E-state index contributed by atoms with van der Waals surface area (Å²) in [5.41, 5.74) is 2.95. The Kier molecular flexibility index (Phi) is 7.48. The van der Waals surface area contributed by atoms with Gasteiger partial charge in [0.1, 0.15) is 5.75 Å². The van der Waals surface area contributed by atoms with Crippen LogP contribution >= 0.6 is 23.2 Å². The Morgan fingerprint density at radius 1 is 0.893 bits per heavy atom. The van der Waals surface area contributed by atoms with E-state index in [9.17, 15) is 9.59 Å². The second-order valence-corrected chi connectivity index (χ2v) is 6.05. The van der Waals surface area contributed by atoms with Crippen molar-refractivity contribution in [1.29, 1.82) is 0 Å². The number of methoxy groups -OCH3 is 3. The molecule has 28 heavy (non-hydrogen) atoms. The Morgan fingerprint density at radius 2 is 1.54 bits per heavy atom. The van der Waals surface area contributed by atoms with E-state index in [1.54, 1.807) is 12.1 Å². The fourth-order valence-electron chi connectivity index (χ4n) is 2.13. The lowest BCUT2D eigenvalue weighted by Crippen LogP contribution is -2.32. The van der Waals surface area contributed by atoms with Gasteiger partial charge in [-0.3, -0.25) is 9.59 Å². The number of benzene rings is 2. The predicted octanol–water partition coefficient (Wildman–Crippen LogP) is 3.11. The van der Waals surface area contributed by atoms with Crippen molar-refractivity contribution in [2.75, 3.05) is 26.6 Å². The molecule has 0 aromatic heterocycles. The maximum atomic E-state index is 11.9. The number of ether oxygens (including phenoxy) is 3. The van der Waals surface area contributed by atoms with Gasteiger partial charge in [-0.15, -0.1) is 0 Å². The van der Waals surface area contributed by atoms with Crippen LogP contribution in [0.5, 0.6) is 17.2 Å². The topological polar surface area (TPSA) is 98.2 Å². The van der Waals surface area contributed by atoms with Gasteiger partial charge < -0.3 is 19.5 Å². The summed E-state index contributed by atoms with van der Waals surface area (Å²) >= 11 is 11.7. The van der Waals surface area contributed by atoms with Crippen molar-refractivity contribution in [2.45, 2.75) is 0 Å². The molecule has 148 valence electrons. The van der Waals surface area contributed by atoms with Gasteiger partial charge in [-0.05, 0) is 24.3 Å². The molecular weight excluding hydrogens is 409 g/mol. The summed E-state index contributed by atoms with van der Waals surface area (Å²) in [6.45, 7) is 0. The molecule has 0 spiro atoms. The van der Waals surface area contributed by atoms with Crippen LogP contribution in [0, 0.1) is 0 Å². The Morgan fingerprint density at radius 3 is 2.14 bits per heavy atom. The molecule has 0 saturated carbocycles. The zero-order valence-electron chi connectivity index (χ0n) is 15.2. The van der Waals surface area contributed by atoms with E-state index in [1.807, 2.05) is 0 Å². The molecule has 0 unspecified atom stereocenters. The molecule has 2 amide bonds. The lowest BCUT2D eigenvalue weighted by atomic mass is 10.2. The number of rotatable bonds is 6. The molecule has 2 rings (SSSR count). The average molecular weight is 426 g/mol. The van der Waals surface area contributed by atoms with Gasteiger partial charge in [-0.2, -0.15) is 5.10 Å². The quantitative estimate of drug-likeness (QED) is 0.420. The highest BCUT2D eigenvalue weighted by Gasteiger charge is 2.14. The summed E-state index contributed by atoms with van der Waals surface area (Å²) < 4.78 is 15.7. The first-order valence-electron chi connectivity index (χ1n) is 7.79. The van der Waals surface area contributed by atoms with Gasteiger partial charge in [-0.1, -0.05) is 23.2 Å². The first kappa shape index (κ1) is 21.3. The van der Waals surface area contributed by atoms with E-state index in [4.69, 9.17) is 37.4 Å². The van der Waals surface area contributed by atoms with Crippen molar-refractivity contribution in [3.63, 3.8) is 0 Å². The average Bonchev–Trinajstić information content (AvgIpc) is 2.70. The number of nitrogens with one attached hydrogen (secondary N) is 2. The number of halogens is 2. The molecule has 2 aromatic rings. The maximum absolute atomic E-state index is 11.9. The zero-order chi connectivity index (χ0) is 20.7. The SMILES string of the molecule is COc1cc(OC)c(OC)cc1/C=N\NC(=O)C(=O)Nc1ccc(Cl)c(Cl)c1. The van der Waals surface area contributed by atoms with E-state index in [-0.39, 0.29) is 5.02 Å². The van der Waals surface area contributed by atoms with E-state index >= 15 is 0 Å². The number of hydrogen-bond acceptors (Lipinski definition) is 6. The van der Waals surface area contributed by atoms with Crippen molar-refractivity contribution < 1.29 is 23.8 Å². The third-order valence-electron chi connectivity index (χ3n) is 3.49. The monoisotopic (exact) mass is 425 g/mol. The molecule has 0 atom stereocenters. The number of amides is 2. The van der Waals surface area contributed by atoms with Crippen LogP contribution in [0.25, 0.3) is 0 Å². The van der Waals surface area contributed by atoms with Gasteiger partial charge in [0, 0.05) is 17.3 Å². The molecule has 0 aliphatic carbocycles. The summed E-state index contributed by atoms with van der Waals surface area (Å²) in [4.78, 5) is 23.8. The van der Waals surface area contributed by atoms with Gasteiger partial charge in [0.2, 0.25) is 0 Å². The van der Waals surface area contributed by atoms with Crippen molar-refractivity contribution in [3.05, 3.63) is 45.9 Å². The van der Waals surface area contributed by atoms with Crippen molar-refractivity contribution in [2.24, 2.45) is 5.10 Å². The molecule has 2 N–H and O–H groups in total. The van der Waals surface area contributed by atoms with Gasteiger partial charge >= 0.3 is 11.8 Å². The molecule has 8 nitrogen and oxygen atoms in total. The zero-order valence-corrected chi connectivity index (χ0v) is 16.7. The fraction of sp³-hybridized carbons (Fsp3) is 0.167. The van der Waals surface area contributed by atoms with Crippen LogP contribution in [0.1, 0.15) is 5.56 Å². The summed E-state index contributed by atoms with van der Waals surface area (Å²) in [5, 5.41) is 6.73. The van der Waals surface area contributed by atoms with Crippen LogP contribution in [0.15, 0.2) is 35.4 Å². The molecule has 0 heterocycles. The standard InChI is InChI=1S/C18H17Cl2N3O5/c1-26-14-8-16(28-3)15(27-2)6-10(14)9-21-23-18(25)17(24)22-11-4-5-12(19)13(20)7-11/h4-9H,1-3H3,(H,22,24)(H,23,25)/b21-9-. The molecule has 0 radical (unpaired) electrons. The number of hydrazone groups is 1. The smallest absolute Gasteiger partial charge is 0.329 e. The highest BCUT2D eigenvalue weighted by atomic mass is 35.5. The molecule has 0 fully saturated rings. The summed E-state index contributed by atoms with van der Waals surface area (Å²) in [5.74, 6) is -0.525. The Balaban J connectivity index is 2.06. The Labute approximate surface area is 171 Å². The third-order valence-corrected chi connectivity index (χ3v) is 4.23. The van der Waals surface area contributed by atoms with Crippen molar-refractivity contribution >= 4 is 46.9 Å². The van der Waals surface area contributed by atoms with Crippen LogP contribution in [-0.4, -0.2) is 39.4 Å².